The maximum absolute atomic E-state index is 12.8. The molecule has 0 nitrogen and oxygen atoms in total. The minimum absolute atomic E-state index is 0.00772. The predicted octanol–water partition coefficient (Wildman–Crippen LogP) is 5.48. The molecule has 0 saturated heterocycles. The SMILES string of the molecule is FC(F)(F)c1[c]cccc1-c1ccc(Cl)cc1Cl. The fourth-order valence-corrected chi connectivity index (χ4v) is 2.11. The van der Waals surface area contributed by atoms with Gasteiger partial charge in [-0.2, -0.15) is 13.2 Å². The fourth-order valence-electron chi connectivity index (χ4n) is 1.60. The summed E-state index contributed by atoms with van der Waals surface area (Å²) in [7, 11) is 0. The van der Waals surface area contributed by atoms with Crippen LogP contribution in [-0.2, 0) is 6.18 Å². The molecule has 2 aromatic carbocycles. The summed E-state index contributed by atoms with van der Waals surface area (Å²) < 4.78 is 38.5. The minimum atomic E-state index is -4.47. The first kappa shape index (κ1) is 13.2. The zero-order valence-electron chi connectivity index (χ0n) is 8.85. The molecular weight excluding hydrogens is 284 g/mol. The topological polar surface area (TPSA) is 0 Å². The van der Waals surface area contributed by atoms with Crippen LogP contribution in [0.25, 0.3) is 11.1 Å². The molecule has 0 amide bonds. The van der Waals surface area contributed by atoms with E-state index in [0.717, 1.165) is 0 Å². The van der Waals surface area contributed by atoms with Crippen molar-refractivity contribution in [2.45, 2.75) is 6.18 Å². The zero-order valence-corrected chi connectivity index (χ0v) is 10.4. The number of benzene rings is 2. The second kappa shape index (κ2) is 4.82. The largest absolute Gasteiger partial charge is 0.417 e. The Hall–Kier alpha value is -1.19. The van der Waals surface area contributed by atoms with E-state index in [0.29, 0.717) is 5.02 Å². The first-order valence-corrected chi connectivity index (χ1v) is 5.68. The van der Waals surface area contributed by atoms with E-state index in [9.17, 15) is 13.2 Å². The molecule has 0 N–H and O–H groups in total. The molecule has 0 aliphatic rings. The van der Waals surface area contributed by atoms with Crippen molar-refractivity contribution in [1.82, 2.24) is 0 Å². The van der Waals surface area contributed by atoms with Crippen LogP contribution < -0.4 is 0 Å². The standard InChI is InChI=1S/C13H6Cl2F3/c14-8-5-6-10(12(15)7-8)9-3-1-2-4-11(9)13(16,17)18/h1-3,5-7H. The summed E-state index contributed by atoms with van der Waals surface area (Å²) in [6, 6.07) is 10.6. The maximum Gasteiger partial charge on any atom is 0.417 e. The van der Waals surface area contributed by atoms with Gasteiger partial charge in [0.15, 0.2) is 0 Å². The van der Waals surface area contributed by atoms with Crippen molar-refractivity contribution >= 4 is 23.2 Å². The van der Waals surface area contributed by atoms with Crippen LogP contribution in [-0.4, -0.2) is 0 Å². The average Bonchev–Trinajstić information content (AvgIpc) is 2.28. The van der Waals surface area contributed by atoms with Crippen LogP contribution in [0.3, 0.4) is 0 Å². The quantitative estimate of drug-likeness (QED) is 0.652. The van der Waals surface area contributed by atoms with Crippen molar-refractivity contribution in [2.24, 2.45) is 0 Å². The normalized spacial score (nSPS) is 11.6. The lowest BCUT2D eigenvalue weighted by Crippen LogP contribution is -2.07. The Morgan fingerprint density at radius 1 is 1.00 bits per heavy atom. The van der Waals surface area contributed by atoms with Gasteiger partial charge >= 0.3 is 6.18 Å². The van der Waals surface area contributed by atoms with Crippen molar-refractivity contribution < 1.29 is 13.2 Å². The molecule has 18 heavy (non-hydrogen) atoms. The molecule has 0 aliphatic carbocycles. The molecule has 0 bridgehead atoms. The fraction of sp³-hybridized carbons (Fsp3) is 0.0769. The first-order valence-electron chi connectivity index (χ1n) is 4.93. The van der Waals surface area contributed by atoms with Crippen molar-refractivity contribution in [3.8, 4) is 11.1 Å². The van der Waals surface area contributed by atoms with E-state index in [-0.39, 0.29) is 16.1 Å². The molecule has 0 aliphatic heterocycles. The predicted molar refractivity (Wildman–Crippen MR) is 65.7 cm³/mol. The Bertz CT molecular complexity index is 577. The molecule has 0 aromatic heterocycles. The minimum Gasteiger partial charge on any atom is -0.166 e. The summed E-state index contributed by atoms with van der Waals surface area (Å²) in [6.07, 6.45) is -4.47. The second-order valence-electron chi connectivity index (χ2n) is 3.58. The molecule has 1 radical (unpaired) electrons. The molecule has 0 unspecified atom stereocenters. The van der Waals surface area contributed by atoms with Gasteiger partial charge < -0.3 is 0 Å². The van der Waals surface area contributed by atoms with Crippen LogP contribution in [0.5, 0.6) is 0 Å². The van der Waals surface area contributed by atoms with Gasteiger partial charge in [0.05, 0.1) is 5.56 Å². The summed E-state index contributed by atoms with van der Waals surface area (Å²) >= 11 is 11.6. The van der Waals surface area contributed by atoms with E-state index in [2.05, 4.69) is 6.07 Å². The van der Waals surface area contributed by atoms with Gasteiger partial charge in [-0.15, -0.1) is 0 Å². The van der Waals surface area contributed by atoms with Crippen molar-refractivity contribution in [2.75, 3.05) is 0 Å². The van der Waals surface area contributed by atoms with E-state index in [1.807, 2.05) is 0 Å². The van der Waals surface area contributed by atoms with Crippen LogP contribution in [0, 0.1) is 6.07 Å². The molecule has 0 atom stereocenters. The molecule has 0 spiro atoms. The lowest BCUT2D eigenvalue weighted by molar-refractivity contribution is -0.137. The van der Waals surface area contributed by atoms with Gasteiger partial charge in [-0.1, -0.05) is 47.5 Å². The summed E-state index contributed by atoms with van der Waals surface area (Å²) in [6.45, 7) is 0. The van der Waals surface area contributed by atoms with E-state index >= 15 is 0 Å². The van der Waals surface area contributed by atoms with Crippen molar-refractivity contribution in [3.05, 3.63) is 58.1 Å². The monoisotopic (exact) mass is 289 g/mol. The summed E-state index contributed by atoms with van der Waals surface area (Å²) in [5.74, 6) is 0. The van der Waals surface area contributed by atoms with Crippen LogP contribution in [0.15, 0.2) is 36.4 Å². The van der Waals surface area contributed by atoms with E-state index in [1.165, 1.54) is 36.4 Å². The Kier molecular flexibility index (Phi) is 3.55. The molecule has 0 fully saturated rings. The molecule has 2 rings (SSSR count). The lowest BCUT2D eigenvalue weighted by atomic mass is 9.99. The molecular formula is C13H6Cl2F3. The Morgan fingerprint density at radius 2 is 1.72 bits per heavy atom. The lowest BCUT2D eigenvalue weighted by Gasteiger charge is -2.13. The highest BCUT2D eigenvalue weighted by Crippen LogP contribution is 2.39. The van der Waals surface area contributed by atoms with Crippen LogP contribution in [0.1, 0.15) is 5.56 Å². The summed E-state index contributed by atoms with van der Waals surface area (Å²) in [5.41, 5.74) is -0.564. The van der Waals surface area contributed by atoms with Gasteiger partial charge in [0, 0.05) is 15.6 Å². The highest BCUT2D eigenvalue weighted by atomic mass is 35.5. The second-order valence-corrected chi connectivity index (χ2v) is 4.42. The van der Waals surface area contributed by atoms with E-state index < -0.39 is 11.7 Å². The number of hydrogen-bond donors (Lipinski definition) is 0. The van der Waals surface area contributed by atoms with Crippen molar-refractivity contribution in [1.29, 1.82) is 0 Å². The third-order valence-electron chi connectivity index (χ3n) is 2.36. The summed E-state index contributed by atoms with van der Waals surface area (Å²) in [5, 5.41) is 0.546. The zero-order chi connectivity index (χ0) is 13.3. The third-order valence-corrected chi connectivity index (χ3v) is 2.91. The highest BCUT2D eigenvalue weighted by Gasteiger charge is 2.33. The molecule has 0 heterocycles. The Balaban J connectivity index is 2.64. The van der Waals surface area contributed by atoms with Crippen LogP contribution in [0.2, 0.25) is 10.0 Å². The van der Waals surface area contributed by atoms with E-state index in [4.69, 9.17) is 23.2 Å². The molecule has 93 valence electrons. The molecule has 2 aromatic rings. The third kappa shape index (κ3) is 2.62. The van der Waals surface area contributed by atoms with Crippen LogP contribution >= 0.6 is 23.2 Å². The molecule has 0 saturated carbocycles. The van der Waals surface area contributed by atoms with Gasteiger partial charge in [0.25, 0.3) is 0 Å². The van der Waals surface area contributed by atoms with Crippen LogP contribution in [0.4, 0.5) is 13.2 Å². The first-order chi connectivity index (χ1) is 8.39. The number of rotatable bonds is 1. The van der Waals surface area contributed by atoms with Gasteiger partial charge in [0.1, 0.15) is 0 Å². The number of alkyl halides is 3. The van der Waals surface area contributed by atoms with Gasteiger partial charge in [-0.3, -0.25) is 0 Å². The van der Waals surface area contributed by atoms with E-state index in [1.54, 1.807) is 0 Å². The maximum atomic E-state index is 12.8. The Morgan fingerprint density at radius 3 is 2.33 bits per heavy atom. The van der Waals surface area contributed by atoms with Gasteiger partial charge in [0.2, 0.25) is 0 Å². The smallest absolute Gasteiger partial charge is 0.166 e. The number of halogens is 5. The number of hydrogen-bond acceptors (Lipinski definition) is 0. The molecule has 5 heteroatoms. The van der Waals surface area contributed by atoms with Gasteiger partial charge in [-0.05, 0) is 23.8 Å². The summed E-state index contributed by atoms with van der Waals surface area (Å²) in [4.78, 5) is 0. The van der Waals surface area contributed by atoms with Crippen molar-refractivity contribution in [3.63, 3.8) is 0 Å². The highest BCUT2D eigenvalue weighted by molar-refractivity contribution is 6.36. The van der Waals surface area contributed by atoms with Gasteiger partial charge in [-0.25, -0.2) is 0 Å². The Labute approximate surface area is 112 Å². The average molecular weight is 290 g/mol.